The summed E-state index contributed by atoms with van der Waals surface area (Å²) in [6.07, 6.45) is -0.0316. The Morgan fingerprint density at radius 1 is 1.21 bits per heavy atom. The van der Waals surface area contributed by atoms with Gasteiger partial charge in [-0.05, 0) is 45.9 Å². The van der Waals surface area contributed by atoms with Crippen LogP contribution in [0.5, 0.6) is 5.75 Å². The molecular weight excluding hydrogens is 509 g/mol. The van der Waals surface area contributed by atoms with E-state index in [2.05, 4.69) is 10.3 Å². The molecule has 3 aromatic rings. The predicted octanol–water partition coefficient (Wildman–Crippen LogP) is 4.12. The third-order valence-electron chi connectivity index (χ3n) is 6.60. The predicted molar refractivity (Wildman–Crippen MR) is 146 cm³/mol. The van der Waals surface area contributed by atoms with Crippen molar-refractivity contribution in [1.82, 2.24) is 15.2 Å². The molecule has 1 aromatic carbocycles. The van der Waals surface area contributed by atoms with Gasteiger partial charge in [-0.15, -0.1) is 11.3 Å². The molecule has 1 unspecified atom stereocenters. The topological polar surface area (TPSA) is 110 Å². The van der Waals surface area contributed by atoms with Crippen LogP contribution in [0.15, 0.2) is 24.3 Å². The second-order valence-corrected chi connectivity index (χ2v) is 11.7. The minimum atomic E-state index is -0.550. The Kier molecular flexibility index (Phi) is 6.81. The molecule has 38 heavy (non-hydrogen) atoms. The van der Waals surface area contributed by atoms with E-state index in [1.165, 1.54) is 17.4 Å². The van der Waals surface area contributed by atoms with Crippen LogP contribution in [0.25, 0.3) is 10.2 Å². The summed E-state index contributed by atoms with van der Waals surface area (Å²) in [4.78, 5) is 34.6. The average molecular weight is 542 g/mol. The summed E-state index contributed by atoms with van der Waals surface area (Å²) in [5.74, 6) is -0.228. The van der Waals surface area contributed by atoms with Crippen molar-refractivity contribution in [3.8, 4) is 5.75 Å². The average Bonchev–Trinajstić information content (AvgIpc) is 3.19. The Morgan fingerprint density at radius 3 is 2.66 bits per heavy atom. The smallest absolute Gasteiger partial charge is 0.410 e. The van der Waals surface area contributed by atoms with Crippen molar-refractivity contribution in [3.05, 3.63) is 46.2 Å². The van der Waals surface area contributed by atoms with Gasteiger partial charge in [0.15, 0.2) is 0 Å². The van der Waals surface area contributed by atoms with E-state index in [0.717, 1.165) is 11.1 Å². The minimum Gasteiger partial charge on any atom is -0.491 e. The molecule has 1 saturated heterocycles. The molecule has 0 aliphatic carbocycles. The SMILES string of the molecule is Cc1ccc2c(N)c(C(=O)NC3COc4cc(N5CCN(C(=O)OC(C)(C)C)CC5)cc(F)c4C3)sc2n1. The number of ether oxygens (including phenoxy) is 2. The fourth-order valence-electron chi connectivity index (χ4n) is 4.68. The molecule has 202 valence electrons. The number of fused-ring (bicyclic) bond motifs is 2. The summed E-state index contributed by atoms with van der Waals surface area (Å²) >= 11 is 1.24. The number of nitrogens with one attached hydrogen (secondary N) is 1. The van der Waals surface area contributed by atoms with Gasteiger partial charge >= 0.3 is 6.09 Å². The van der Waals surface area contributed by atoms with E-state index >= 15 is 4.39 Å². The maximum Gasteiger partial charge on any atom is 0.410 e. The van der Waals surface area contributed by atoms with Crippen molar-refractivity contribution in [1.29, 1.82) is 0 Å². The summed E-state index contributed by atoms with van der Waals surface area (Å²) in [5, 5.41) is 3.69. The maximum absolute atomic E-state index is 15.2. The van der Waals surface area contributed by atoms with E-state index in [0.29, 0.717) is 65.0 Å². The Hall–Kier alpha value is -3.60. The quantitative estimate of drug-likeness (QED) is 0.513. The van der Waals surface area contributed by atoms with E-state index < -0.39 is 11.6 Å². The molecule has 5 rings (SSSR count). The van der Waals surface area contributed by atoms with Gasteiger partial charge < -0.3 is 30.3 Å². The van der Waals surface area contributed by atoms with Gasteiger partial charge in [-0.2, -0.15) is 0 Å². The van der Waals surface area contributed by atoms with Crippen LogP contribution in [-0.2, 0) is 11.2 Å². The number of piperazine rings is 1. The number of nitrogen functional groups attached to an aromatic ring is 1. The lowest BCUT2D eigenvalue weighted by Gasteiger charge is -2.37. The molecule has 2 amide bonds. The molecule has 2 aromatic heterocycles. The largest absolute Gasteiger partial charge is 0.491 e. The molecule has 0 saturated carbocycles. The van der Waals surface area contributed by atoms with E-state index in [9.17, 15) is 9.59 Å². The zero-order valence-corrected chi connectivity index (χ0v) is 22.8. The van der Waals surface area contributed by atoms with Crippen LogP contribution in [0.2, 0.25) is 0 Å². The normalized spacial score (nSPS) is 17.7. The second kappa shape index (κ2) is 9.94. The third-order valence-corrected chi connectivity index (χ3v) is 7.71. The van der Waals surface area contributed by atoms with Crippen molar-refractivity contribution < 1.29 is 23.5 Å². The van der Waals surface area contributed by atoms with Crippen LogP contribution in [-0.4, -0.2) is 66.3 Å². The summed E-state index contributed by atoms with van der Waals surface area (Å²) in [5.41, 5.74) is 8.05. The number of anilines is 2. The van der Waals surface area contributed by atoms with Gasteiger partial charge in [-0.3, -0.25) is 4.79 Å². The monoisotopic (exact) mass is 541 g/mol. The molecular formula is C27H32FN5O4S. The molecule has 1 fully saturated rings. The Morgan fingerprint density at radius 2 is 1.95 bits per heavy atom. The van der Waals surface area contributed by atoms with E-state index in [-0.39, 0.29) is 24.4 Å². The Bertz CT molecular complexity index is 1390. The van der Waals surface area contributed by atoms with E-state index in [4.69, 9.17) is 15.2 Å². The lowest BCUT2D eigenvalue weighted by molar-refractivity contribution is 0.0240. The van der Waals surface area contributed by atoms with Crippen molar-refractivity contribution in [2.24, 2.45) is 0 Å². The van der Waals surface area contributed by atoms with Gasteiger partial charge in [0.1, 0.15) is 33.5 Å². The summed E-state index contributed by atoms with van der Waals surface area (Å²) in [6, 6.07) is 6.65. The molecule has 2 aliphatic heterocycles. The van der Waals surface area contributed by atoms with Crippen LogP contribution in [0.1, 0.15) is 41.7 Å². The van der Waals surface area contributed by atoms with Crippen LogP contribution in [0.4, 0.5) is 20.6 Å². The van der Waals surface area contributed by atoms with Gasteiger partial charge in [-0.1, -0.05) is 0 Å². The highest BCUT2D eigenvalue weighted by molar-refractivity contribution is 7.21. The Balaban J connectivity index is 1.23. The lowest BCUT2D eigenvalue weighted by atomic mass is 10.0. The fraction of sp³-hybridized carbons (Fsp3) is 0.444. The van der Waals surface area contributed by atoms with Gasteiger partial charge in [-0.25, -0.2) is 14.2 Å². The van der Waals surface area contributed by atoms with E-state index in [1.807, 2.05) is 50.8 Å². The number of halogens is 1. The van der Waals surface area contributed by atoms with Crippen molar-refractivity contribution in [2.45, 2.75) is 45.8 Å². The summed E-state index contributed by atoms with van der Waals surface area (Å²) < 4.78 is 26.6. The highest BCUT2D eigenvalue weighted by atomic mass is 32.1. The number of benzene rings is 1. The third kappa shape index (κ3) is 5.33. The van der Waals surface area contributed by atoms with Gasteiger partial charge in [0.05, 0.1) is 11.7 Å². The number of carbonyl (C=O) groups is 2. The first-order valence-corrected chi connectivity index (χ1v) is 13.4. The molecule has 2 aliphatic rings. The van der Waals surface area contributed by atoms with Gasteiger partial charge in [0, 0.05) is 61.0 Å². The van der Waals surface area contributed by atoms with Gasteiger partial charge in [0.2, 0.25) is 0 Å². The number of hydrogen-bond donors (Lipinski definition) is 2. The summed E-state index contributed by atoms with van der Waals surface area (Å²) in [7, 11) is 0. The van der Waals surface area contributed by atoms with Gasteiger partial charge in [0.25, 0.3) is 5.91 Å². The number of aryl methyl sites for hydroxylation is 1. The maximum atomic E-state index is 15.2. The minimum absolute atomic E-state index is 0.218. The molecule has 1 atom stereocenters. The summed E-state index contributed by atoms with van der Waals surface area (Å²) in [6.45, 7) is 9.70. The van der Waals surface area contributed by atoms with Crippen molar-refractivity contribution >= 4 is 44.9 Å². The molecule has 4 heterocycles. The zero-order valence-electron chi connectivity index (χ0n) is 22.0. The van der Waals surface area contributed by atoms with Crippen molar-refractivity contribution in [2.75, 3.05) is 43.4 Å². The van der Waals surface area contributed by atoms with Crippen molar-refractivity contribution in [3.63, 3.8) is 0 Å². The molecule has 0 spiro atoms. The first-order valence-electron chi connectivity index (χ1n) is 12.6. The molecule has 11 heteroatoms. The number of rotatable bonds is 3. The van der Waals surface area contributed by atoms with Crippen LogP contribution < -0.4 is 20.7 Å². The molecule has 3 N–H and O–H groups in total. The fourth-order valence-corrected chi connectivity index (χ4v) is 5.72. The number of thiophene rings is 1. The van der Waals surface area contributed by atoms with Crippen LogP contribution in [0.3, 0.4) is 0 Å². The van der Waals surface area contributed by atoms with Crippen LogP contribution in [0, 0.1) is 12.7 Å². The lowest BCUT2D eigenvalue weighted by Crippen LogP contribution is -2.50. The highest BCUT2D eigenvalue weighted by Gasteiger charge is 2.30. The number of hydrogen-bond acceptors (Lipinski definition) is 8. The van der Waals surface area contributed by atoms with E-state index in [1.54, 1.807) is 4.90 Å². The second-order valence-electron chi connectivity index (χ2n) is 10.7. The zero-order chi connectivity index (χ0) is 27.2. The Labute approximate surface area is 224 Å². The number of carbonyl (C=O) groups excluding carboxylic acids is 2. The molecule has 0 bridgehead atoms. The van der Waals surface area contributed by atoms with Crippen LogP contribution >= 0.6 is 11.3 Å². The molecule has 0 radical (unpaired) electrons. The number of pyridine rings is 1. The standard InChI is InChI=1S/C27H32FN5O4S/c1-15-5-6-18-22(29)23(38-25(18)30-15)24(34)31-16-11-19-20(28)12-17(13-21(19)36-14-16)32-7-9-33(10-8-32)26(35)37-27(2,3)4/h5-6,12-13,16H,7-11,14,29H2,1-4H3,(H,31,34). The number of nitrogens with two attached hydrogens (primary N) is 1. The highest BCUT2D eigenvalue weighted by Crippen LogP contribution is 2.35. The number of amides is 2. The number of aromatic nitrogens is 1. The molecule has 9 nitrogen and oxygen atoms in total. The first-order chi connectivity index (χ1) is 18.0. The number of nitrogens with zero attached hydrogens (tertiary/aromatic N) is 3. The first kappa shape index (κ1) is 26.0.